The van der Waals surface area contributed by atoms with E-state index >= 15 is 0 Å². The van der Waals surface area contributed by atoms with Gasteiger partial charge in [0, 0.05) is 0 Å². The number of halogens is 3. The third-order valence-corrected chi connectivity index (χ3v) is 3.18. The first-order valence-corrected chi connectivity index (χ1v) is 6.90. The van der Waals surface area contributed by atoms with Crippen molar-refractivity contribution in [1.29, 1.82) is 0 Å². The van der Waals surface area contributed by atoms with Gasteiger partial charge in [-0.05, 0) is 28.8 Å². The van der Waals surface area contributed by atoms with Crippen LogP contribution in [0, 0.1) is 0 Å². The van der Waals surface area contributed by atoms with Gasteiger partial charge in [-0.15, -0.1) is 0 Å². The highest BCUT2D eigenvalue weighted by Gasteiger charge is 2.28. The van der Waals surface area contributed by atoms with Crippen LogP contribution in [0.3, 0.4) is 0 Å². The largest absolute Gasteiger partial charge is 0.489 e. The van der Waals surface area contributed by atoms with Gasteiger partial charge >= 0.3 is 12.1 Å². The highest BCUT2D eigenvalue weighted by atomic mass is 19.4. The fraction of sp³-hybridized carbons (Fsp3) is 0.235. The van der Waals surface area contributed by atoms with Crippen LogP contribution in [0.15, 0.2) is 48.5 Å². The van der Waals surface area contributed by atoms with E-state index in [1.807, 2.05) is 0 Å². The fourth-order valence-electron chi connectivity index (χ4n) is 2.13. The van der Waals surface area contributed by atoms with Gasteiger partial charge in [0.25, 0.3) is 0 Å². The number of benzene rings is 2. The number of carboxylic acid groups (broad SMARTS) is 1. The van der Waals surface area contributed by atoms with Gasteiger partial charge in [0.1, 0.15) is 12.4 Å². The number of hydrogen-bond donors (Lipinski definition) is 1. The Morgan fingerprint density at radius 1 is 1.00 bits per heavy atom. The van der Waals surface area contributed by atoms with Gasteiger partial charge in [0.05, 0.1) is 12.8 Å². The molecule has 0 aliphatic rings. The minimum absolute atomic E-state index is 0.0184. The van der Waals surface area contributed by atoms with E-state index in [9.17, 15) is 18.0 Å². The molecule has 0 bridgehead atoms. The number of ether oxygens (including phenoxy) is 1. The summed E-state index contributed by atoms with van der Waals surface area (Å²) in [5.74, 6) is -0.458. The van der Waals surface area contributed by atoms with E-state index in [1.165, 1.54) is 6.07 Å². The Morgan fingerprint density at radius 2 is 1.61 bits per heavy atom. The molecule has 0 saturated carbocycles. The number of rotatable bonds is 6. The second-order valence-corrected chi connectivity index (χ2v) is 5.06. The van der Waals surface area contributed by atoms with E-state index in [-0.39, 0.29) is 18.6 Å². The molecular formula is C17H15F3O3. The predicted octanol–water partition coefficient (Wildman–Crippen LogP) is 4.00. The van der Waals surface area contributed by atoms with Gasteiger partial charge < -0.3 is 9.84 Å². The Kier molecular flexibility index (Phi) is 5.26. The maximum Gasteiger partial charge on any atom is 0.393 e. The molecule has 0 aliphatic heterocycles. The van der Waals surface area contributed by atoms with Crippen LogP contribution < -0.4 is 4.74 Å². The average Bonchev–Trinajstić information content (AvgIpc) is 2.46. The zero-order valence-electron chi connectivity index (χ0n) is 12.1. The molecule has 0 unspecified atom stereocenters. The lowest BCUT2D eigenvalue weighted by Gasteiger charge is -2.13. The molecule has 0 fully saturated rings. The van der Waals surface area contributed by atoms with Crippen molar-refractivity contribution in [3.63, 3.8) is 0 Å². The minimum Gasteiger partial charge on any atom is -0.489 e. The smallest absolute Gasteiger partial charge is 0.393 e. The second kappa shape index (κ2) is 7.17. The van der Waals surface area contributed by atoms with Gasteiger partial charge in [-0.1, -0.05) is 36.4 Å². The maximum absolute atomic E-state index is 12.5. The Hall–Kier alpha value is -2.50. The van der Waals surface area contributed by atoms with E-state index < -0.39 is 18.6 Å². The molecule has 0 spiro atoms. The van der Waals surface area contributed by atoms with Crippen LogP contribution in [0.2, 0.25) is 0 Å². The van der Waals surface area contributed by atoms with Gasteiger partial charge in [0.15, 0.2) is 0 Å². The molecule has 0 atom stereocenters. The molecule has 6 heteroatoms. The molecule has 2 rings (SSSR count). The Morgan fingerprint density at radius 3 is 2.17 bits per heavy atom. The molecule has 23 heavy (non-hydrogen) atoms. The number of alkyl halides is 3. The third kappa shape index (κ3) is 5.65. The summed E-state index contributed by atoms with van der Waals surface area (Å²) in [6.07, 6.45) is -5.35. The van der Waals surface area contributed by atoms with Crippen molar-refractivity contribution in [2.45, 2.75) is 25.6 Å². The Labute approximate surface area is 131 Å². The Bertz CT molecular complexity index is 664. The van der Waals surface area contributed by atoms with Crippen LogP contribution in [-0.2, 0) is 24.2 Å². The highest BCUT2D eigenvalue weighted by molar-refractivity contribution is 5.70. The topological polar surface area (TPSA) is 46.5 Å². The van der Waals surface area contributed by atoms with Crippen LogP contribution >= 0.6 is 0 Å². The van der Waals surface area contributed by atoms with E-state index in [2.05, 4.69) is 0 Å². The summed E-state index contributed by atoms with van der Waals surface area (Å²) in [6, 6.07) is 12.7. The summed E-state index contributed by atoms with van der Waals surface area (Å²) in [6.45, 7) is 0.0184. The first kappa shape index (κ1) is 16.9. The van der Waals surface area contributed by atoms with Gasteiger partial charge in [-0.2, -0.15) is 13.2 Å². The lowest BCUT2D eigenvalue weighted by Crippen LogP contribution is -2.13. The van der Waals surface area contributed by atoms with Crippen LogP contribution in [0.25, 0.3) is 0 Å². The molecule has 0 aliphatic carbocycles. The molecule has 3 nitrogen and oxygen atoms in total. The molecule has 0 amide bonds. The highest BCUT2D eigenvalue weighted by Crippen LogP contribution is 2.24. The number of aliphatic carboxylic acids is 1. The molecular weight excluding hydrogens is 309 g/mol. The molecule has 0 radical (unpaired) electrons. The summed E-state index contributed by atoms with van der Waals surface area (Å²) in [5, 5.41) is 8.69. The molecule has 1 N–H and O–H groups in total. The van der Waals surface area contributed by atoms with Crippen molar-refractivity contribution >= 4 is 5.97 Å². The summed E-state index contributed by atoms with van der Waals surface area (Å²) in [4.78, 5) is 10.6. The van der Waals surface area contributed by atoms with Crippen LogP contribution in [0.1, 0.15) is 16.7 Å². The molecule has 0 heterocycles. The van der Waals surface area contributed by atoms with Crippen molar-refractivity contribution < 1.29 is 27.8 Å². The minimum atomic E-state index is -4.27. The fourth-order valence-corrected chi connectivity index (χ4v) is 2.13. The van der Waals surface area contributed by atoms with E-state index in [0.717, 1.165) is 0 Å². The van der Waals surface area contributed by atoms with E-state index in [4.69, 9.17) is 9.84 Å². The van der Waals surface area contributed by atoms with Crippen molar-refractivity contribution in [2.24, 2.45) is 0 Å². The third-order valence-electron chi connectivity index (χ3n) is 3.18. The Balaban J connectivity index is 2.02. The van der Waals surface area contributed by atoms with Gasteiger partial charge in [0.2, 0.25) is 0 Å². The molecule has 0 saturated heterocycles. The van der Waals surface area contributed by atoms with E-state index in [0.29, 0.717) is 16.9 Å². The standard InChI is InChI=1S/C17H15F3O3/c18-17(19,20)10-13-3-1-2-4-14(13)11-23-15-7-5-12(6-8-15)9-16(21)22/h1-8H,9-11H2,(H,21,22). The zero-order valence-corrected chi connectivity index (χ0v) is 12.1. The van der Waals surface area contributed by atoms with Gasteiger partial charge in [-0.25, -0.2) is 0 Å². The van der Waals surface area contributed by atoms with Crippen LogP contribution in [0.4, 0.5) is 13.2 Å². The van der Waals surface area contributed by atoms with E-state index in [1.54, 1.807) is 42.5 Å². The van der Waals surface area contributed by atoms with Crippen molar-refractivity contribution in [3.05, 3.63) is 65.2 Å². The lowest BCUT2D eigenvalue weighted by atomic mass is 10.1. The first-order chi connectivity index (χ1) is 10.8. The molecule has 2 aromatic carbocycles. The predicted molar refractivity (Wildman–Crippen MR) is 78.3 cm³/mol. The summed E-state index contributed by atoms with van der Waals surface area (Å²) >= 11 is 0. The molecule has 2 aromatic rings. The number of carbonyl (C=O) groups is 1. The monoisotopic (exact) mass is 324 g/mol. The van der Waals surface area contributed by atoms with Crippen molar-refractivity contribution in [1.82, 2.24) is 0 Å². The first-order valence-electron chi connectivity index (χ1n) is 6.90. The molecule has 0 aromatic heterocycles. The lowest BCUT2D eigenvalue weighted by molar-refractivity contribution is -0.136. The summed E-state index contributed by atoms with van der Waals surface area (Å²) in [7, 11) is 0. The van der Waals surface area contributed by atoms with Gasteiger partial charge in [-0.3, -0.25) is 4.79 Å². The SMILES string of the molecule is O=C(O)Cc1ccc(OCc2ccccc2CC(F)(F)F)cc1. The van der Waals surface area contributed by atoms with Crippen molar-refractivity contribution in [3.8, 4) is 5.75 Å². The quantitative estimate of drug-likeness (QED) is 0.874. The zero-order chi connectivity index (χ0) is 16.9. The number of hydrogen-bond acceptors (Lipinski definition) is 2. The second-order valence-electron chi connectivity index (χ2n) is 5.06. The van der Waals surface area contributed by atoms with Crippen molar-refractivity contribution in [2.75, 3.05) is 0 Å². The average molecular weight is 324 g/mol. The summed E-state index contributed by atoms with van der Waals surface area (Å²) < 4.78 is 43.1. The summed E-state index contributed by atoms with van der Waals surface area (Å²) in [5.41, 5.74) is 1.28. The maximum atomic E-state index is 12.5. The van der Waals surface area contributed by atoms with Crippen LogP contribution in [0.5, 0.6) is 5.75 Å². The normalized spacial score (nSPS) is 11.3. The molecule has 122 valence electrons. The van der Waals surface area contributed by atoms with Crippen LogP contribution in [-0.4, -0.2) is 17.3 Å². The number of carboxylic acids is 1.